The van der Waals surface area contributed by atoms with Crippen LogP contribution in [0.3, 0.4) is 0 Å². The number of rotatable bonds is 0. The fourth-order valence-corrected chi connectivity index (χ4v) is 16.8. The molecule has 2 spiro atoms. The third kappa shape index (κ3) is 21.4. The Morgan fingerprint density at radius 2 is 0.770 bits per heavy atom. The first-order valence-electron chi connectivity index (χ1n) is 35.8. The molecule has 19 aliphatic rings. The van der Waals surface area contributed by atoms with Crippen molar-refractivity contribution in [3.8, 4) is 0 Å². The van der Waals surface area contributed by atoms with Crippen LogP contribution in [0.1, 0.15) is 140 Å². The van der Waals surface area contributed by atoms with Gasteiger partial charge in [-0.1, -0.05) is 6.42 Å². The Hall–Kier alpha value is -0.800. The summed E-state index contributed by atoms with van der Waals surface area (Å²) >= 11 is 0. The topological polar surface area (TPSA) is 197 Å². The molecule has 11 N–H and O–H groups in total. The highest BCUT2D eigenvalue weighted by atomic mass is 16.5. The van der Waals surface area contributed by atoms with Gasteiger partial charge in [0.2, 0.25) is 0 Å². The molecule has 87 heavy (non-hydrogen) atoms. The summed E-state index contributed by atoms with van der Waals surface area (Å²) in [6.45, 7) is 42.2. The lowest BCUT2D eigenvalue weighted by molar-refractivity contribution is -0.0168. The van der Waals surface area contributed by atoms with Gasteiger partial charge >= 0.3 is 0 Å². The zero-order valence-electron chi connectivity index (χ0n) is 57.2. The van der Waals surface area contributed by atoms with Gasteiger partial charge < -0.3 is 102 Å². The number of ether oxygens (including phenoxy) is 6. The van der Waals surface area contributed by atoms with Crippen molar-refractivity contribution in [1.29, 1.82) is 0 Å². The molecule has 0 aromatic heterocycles. The summed E-state index contributed by atoms with van der Waals surface area (Å²) in [5, 5.41) is 37.0. The van der Waals surface area contributed by atoms with Crippen LogP contribution in [0.15, 0.2) is 0 Å². The van der Waals surface area contributed by atoms with Gasteiger partial charge in [-0.05, 0) is 161 Å². The second kappa shape index (κ2) is 34.0. The molecule has 16 heterocycles. The molecule has 19 rings (SSSR count). The van der Waals surface area contributed by atoms with Crippen molar-refractivity contribution in [2.24, 2.45) is 16.7 Å². The van der Waals surface area contributed by atoms with E-state index in [0.29, 0.717) is 73.1 Å². The number of piperazine rings is 2. The molecular weight excluding hydrogens is 1100 g/mol. The number of nitrogens with one attached hydrogen (secondary N) is 11. The maximum absolute atomic E-state index is 5.42. The Labute approximate surface area is 529 Å². The van der Waals surface area contributed by atoms with Gasteiger partial charge in [-0.15, -0.1) is 0 Å². The fraction of sp³-hybridized carbons (Fsp3) is 1.00. The maximum atomic E-state index is 5.42. The Balaban J connectivity index is 0.000000114. The molecule has 3 aliphatic carbocycles. The van der Waals surface area contributed by atoms with Gasteiger partial charge in [0.25, 0.3) is 0 Å². The van der Waals surface area contributed by atoms with E-state index in [1.165, 1.54) is 110 Å². The summed E-state index contributed by atoms with van der Waals surface area (Å²) in [5.74, 6) is 1.16. The zero-order valence-corrected chi connectivity index (χ0v) is 57.2. The van der Waals surface area contributed by atoms with E-state index in [4.69, 9.17) is 28.4 Å². The molecule has 16 aliphatic heterocycles. The SMILES string of the molecule is C1C[C@@H]2NCC23C[C@@H]13.C1OC2CNC1C2.C1O[C@@H]2CN[C@H]1C2.CC1CNCC(C)O1.CN1CC2CC1CN2.CN1C[C@@H]2C[C@H]1CN2.CN1C[C@@H]2NCC23C[C@@H]13.C[C@@H]1CCC[C@H](C)N1.C[C@@H]1CNC[C@@H](C)O1.C[C@@H]1CNC[C@H](C)O1.C[C@H]1CNC[C@H](C)O1. The normalized spacial score (nSPS) is 47.0. The minimum absolute atomic E-state index is 0.402. The molecule has 16 saturated heterocycles. The number of nitrogens with zero attached hydrogens (tertiary/aromatic N) is 3. The molecule has 0 aromatic carbocycles. The second-order valence-electron chi connectivity index (χ2n) is 30.5. The van der Waals surface area contributed by atoms with Crippen molar-refractivity contribution in [2.75, 3.05) is 146 Å². The van der Waals surface area contributed by atoms with Crippen molar-refractivity contribution in [2.45, 2.75) is 267 Å². The van der Waals surface area contributed by atoms with Crippen LogP contribution in [0.4, 0.5) is 0 Å². The Morgan fingerprint density at radius 1 is 0.368 bits per heavy atom. The van der Waals surface area contributed by atoms with Crippen LogP contribution in [-0.4, -0.2) is 288 Å². The van der Waals surface area contributed by atoms with Crippen molar-refractivity contribution >= 4 is 0 Å². The molecule has 24 atom stereocenters. The van der Waals surface area contributed by atoms with Crippen LogP contribution in [0.5, 0.6) is 0 Å². The van der Waals surface area contributed by atoms with Crippen LogP contribution in [-0.2, 0) is 28.4 Å². The van der Waals surface area contributed by atoms with Gasteiger partial charge in [0, 0.05) is 189 Å². The molecule has 0 amide bonds. The van der Waals surface area contributed by atoms with Crippen LogP contribution in [0.2, 0.25) is 0 Å². The summed E-state index contributed by atoms with van der Waals surface area (Å²) in [6.07, 6.45) is 19.8. The molecule has 20 nitrogen and oxygen atoms in total. The lowest BCUT2D eigenvalue weighted by Gasteiger charge is -2.35. The van der Waals surface area contributed by atoms with Gasteiger partial charge in [-0.25, -0.2) is 0 Å². The predicted molar refractivity (Wildman–Crippen MR) is 352 cm³/mol. The van der Waals surface area contributed by atoms with E-state index in [1.807, 2.05) is 0 Å². The van der Waals surface area contributed by atoms with Gasteiger partial charge in [0.15, 0.2) is 0 Å². The van der Waals surface area contributed by atoms with E-state index in [2.05, 4.69) is 164 Å². The van der Waals surface area contributed by atoms with E-state index < -0.39 is 0 Å². The lowest BCUT2D eigenvalue weighted by atomic mass is 9.90. The Bertz CT molecular complexity index is 1720. The lowest BCUT2D eigenvalue weighted by Crippen LogP contribution is -2.55. The average Bonchev–Trinajstić information content (AvgIpc) is 1.54. The van der Waals surface area contributed by atoms with Gasteiger partial charge in [-0.3, -0.25) is 0 Å². The van der Waals surface area contributed by atoms with E-state index in [0.717, 1.165) is 150 Å². The summed E-state index contributed by atoms with van der Waals surface area (Å²) in [7, 11) is 6.68. The molecule has 8 bridgehead atoms. The number of fused-ring (bicyclic) bond motifs is 8. The second-order valence-corrected chi connectivity index (χ2v) is 30.5. The average molecular weight is 1230 g/mol. The van der Waals surface area contributed by atoms with Crippen LogP contribution in [0, 0.1) is 16.7 Å². The molecule has 20 heteroatoms. The summed E-state index contributed by atoms with van der Waals surface area (Å²) in [5.41, 5.74) is 1.68. The van der Waals surface area contributed by atoms with Crippen LogP contribution in [0.25, 0.3) is 0 Å². The number of likely N-dealkylation sites (N-methyl/N-ethyl adjacent to an activating group) is 3. The van der Waals surface area contributed by atoms with Gasteiger partial charge in [0.1, 0.15) is 0 Å². The standard InChI is InChI=1S/C7H12N2.C7H11N.C7H15N.2C6H12N2.4C6H13NO.2C5H9NO/c1-9-3-5-7(4-8-5)2-6(7)9;1-2-6-7(4-8-6)3-5(1)7;1-6-4-3-5-7(2)8-6;2*1-8-4-5-2-6(8)3-7-5;4*1-5-3-7-4-6(2)8-5;2*1-4-3-7-5(1)2-6-4/h5-6,8H,2-4H2,1H3;5-6,8H,1-4H2;6-8H,3-5H2,1-2H3;2*5-7H,2-4H2,1H3;4*5-7H,3-4H2,1-2H3;2*4-6H,1-3H2/t2*5-,6+,7?;6-,7+;5-,6-;;5-,6+;2*5-,6-;;4-,5-;/m01.0..10.0./s1. The van der Waals surface area contributed by atoms with Crippen molar-refractivity contribution in [3.63, 3.8) is 0 Å². The number of hydrogen-bond acceptors (Lipinski definition) is 20. The number of morpholine rings is 6. The summed E-state index contributed by atoms with van der Waals surface area (Å²) in [4.78, 5) is 7.40. The largest absolute Gasteiger partial charge is 0.375 e. The molecule has 3 saturated carbocycles. The minimum atomic E-state index is 0.402. The van der Waals surface area contributed by atoms with E-state index >= 15 is 0 Å². The molecule has 0 radical (unpaired) electrons. The number of piperidine rings is 2. The third-order valence-corrected chi connectivity index (χ3v) is 22.2. The fourth-order valence-electron chi connectivity index (χ4n) is 16.8. The van der Waals surface area contributed by atoms with E-state index in [-0.39, 0.29) is 0 Å². The highest BCUT2D eigenvalue weighted by Gasteiger charge is 2.70. The molecular formula is C67H132N14O6. The van der Waals surface area contributed by atoms with Gasteiger partial charge in [-0.2, -0.15) is 0 Å². The molecule has 8 unspecified atom stereocenters. The van der Waals surface area contributed by atoms with Crippen LogP contribution < -0.4 is 58.5 Å². The first kappa shape index (κ1) is 70.5. The zero-order chi connectivity index (χ0) is 61.7. The number of hydrogen-bond donors (Lipinski definition) is 11. The smallest absolute Gasteiger partial charge is 0.0716 e. The quantitative estimate of drug-likeness (QED) is 0.169. The summed E-state index contributed by atoms with van der Waals surface area (Å²) < 4.78 is 32.3. The molecule has 506 valence electrons. The Kier molecular flexibility index (Phi) is 27.6. The number of likely N-dealkylation sites (tertiary alicyclic amines) is 3. The highest BCUT2D eigenvalue weighted by molar-refractivity contribution is 5.26. The van der Waals surface area contributed by atoms with Crippen molar-refractivity contribution < 1.29 is 28.4 Å². The van der Waals surface area contributed by atoms with Crippen molar-refractivity contribution in [1.82, 2.24) is 73.2 Å². The third-order valence-electron chi connectivity index (χ3n) is 22.2. The summed E-state index contributed by atoms with van der Waals surface area (Å²) in [6, 6.07) is 9.09. The first-order chi connectivity index (χ1) is 41.8. The Morgan fingerprint density at radius 3 is 0.897 bits per heavy atom. The van der Waals surface area contributed by atoms with Crippen LogP contribution >= 0.6 is 0 Å². The van der Waals surface area contributed by atoms with Crippen molar-refractivity contribution in [3.05, 3.63) is 0 Å². The first-order valence-corrected chi connectivity index (χ1v) is 35.8. The molecule has 19 fully saturated rings. The molecule has 0 aromatic rings. The predicted octanol–water partition coefficient (Wildman–Crippen LogP) is 2.31. The highest BCUT2D eigenvalue weighted by Crippen LogP contribution is 2.66. The maximum Gasteiger partial charge on any atom is 0.0716 e. The van der Waals surface area contributed by atoms with Gasteiger partial charge in [0.05, 0.1) is 74.3 Å². The monoisotopic (exact) mass is 1230 g/mol. The minimum Gasteiger partial charge on any atom is -0.375 e. The van der Waals surface area contributed by atoms with E-state index in [9.17, 15) is 0 Å². The van der Waals surface area contributed by atoms with E-state index in [1.54, 1.807) is 6.42 Å².